The lowest BCUT2D eigenvalue weighted by atomic mass is 9.95. The standard InChI is InChI=1S/C23H21ClN2O6/c1-4-32-23(30)26-17-8-6-5-7-16(17)18(13(2)22(29)31-3)19(21(26)28)25-20(27)14-9-11-15(24)12-10-14/h5-13H,4H2,1-3H3,(H,25,27). The number of rotatable bonds is 5. The van der Waals surface area contributed by atoms with Gasteiger partial charge in [-0.05, 0) is 44.2 Å². The molecule has 0 saturated heterocycles. The van der Waals surface area contributed by atoms with E-state index in [1.807, 2.05) is 0 Å². The number of benzene rings is 2. The van der Waals surface area contributed by atoms with Gasteiger partial charge in [0.1, 0.15) is 5.69 Å². The molecule has 2 aromatic carbocycles. The number of hydrogen-bond donors (Lipinski definition) is 1. The van der Waals surface area contributed by atoms with Crippen LogP contribution in [-0.4, -0.2) is 36.3 Å². The lowest BCUT2D eigenvalue weighted by Gasteiger charge is -2.20. The van der Waals surface area contributed by atoms with E-state index >= 15 is 0 Å². The predicted octanol–water partition coefficient (Wildman–Crippen LogP) is 4.19. The third kappa shape index (κ3) is 4.36. The van der Waals surface area contributed by atoms with E-state index in [2.05, 4.69) is 5.32 Å². The molecule has 0 aliphatic carbocycles. The minimum atomic E-state index is -0.907. The minimum absolute atomic E-state index is 0.0480. The van der Waals surface area contributed by atoms with Crippen LogP contribution in [0.4, 0.5) is 10.5 Å². The van der Waals surface area contributed by atoms with E-state index in [4.69, 9.17) is 21.1 Å². The molecule has 1 heterocycles. The number of nitrogens with zero attached hydrogens (tertiary/aromatic N) is 1. The molecule has 3 aromatic rings. The number of carbonyl (C=O) groups is 3. The van der Waals surface area contributed by atoms with Gasteiger partial charge >= 0.3 is 12.1 Å². The highest BCUT2D eigenvalue weighted by Gasteiger charge is 2.29. The molecule has 9 heteroatoms. The number of hydrogen-bond acceptors (Lipinski definition) is 6. The molecule has 0 radical (unpaired) electrons. The summed E-state index contributed by atoms with van der Waals surface area (Å²) in [6.45, 7) is 3.22. The van der Waals surface area contributed by atoms with Crippen LogP contribution in [0.25, 0.3) is 10.9 Å². The predicted molar refractivity (Wildman–Crippen MR) is 120 cm³/mol. The summed E-state index contributed by atoms with van der Waals surface area (Å²) >= 11 is 5.88. The smallest absolute Gasteiger partial charge is 0.421 e. The van der Waals surface area contributed by atoms with Gasteiger partial charge in [-0.25, -0.2) is 9.36 Å². The fourth-order valence-corrected chi connectivity index (χ4v) is 3.51. The zero-order chi connectivity index (χ0) is 23.4. The first-order valence-corrected chi connectivity index (χ1v) is 10.2. The summed E-state index contributed by atoms with van der Waals surface area (Å²) in [6.07, 6.45) is -0.895. The first kappa shape index (κ1) is 23.0. The van der Waals surface area contributed by atoms with Crippen molar-refractivity contribution in [2.24, 2.45) is 0 Å². The molecule has 0 spiro atoms. The zero-order valence-corrected chi connectivity index (χ0v) is 18.4. The number of carbonyl (C=O) groups excluding carboxylic acids is 3. The Balaban J connectivity index is 2.30. The molecule has 3 rings (SSSR count). The highest BCUT2D eigenvalue weighted by atomic mass is 35.5. The van der Waals surface area contributed by atoms with Gasteiger partial charge in [0.05, 0.1) is 25.2 Å². The Labute approximate surface area is 188 Å². The average Bonchev–Trinajstić information content (AvgIpc) is 2.79. The fraction of sp³-hybridized carbons (Fsp3) is 0.217. The molecule has 1 unspecified atom stereocenters. The summed E-state index contributed by atoms with van der Waals surface area (Å²) in [4.78, 5) is 51.3. The summed E-state index contributed by atoms with van der Waals surface area (Å²) in [6, 6.07) is 12.6. The Morgan fingerprint density at radius 3 is 2.38 bits per heavy atom. The van der Waals surface area contributed by atoms with Gasteiger partial charge in [-0.1, -0.05) is 29.8 Å². The zero-order valence-electron chi connectivity index (χ0n) is 17.7. The maximum absolute atomic E-state index is 13.4. The lowest BCUT2D eigenvalue weighted by molar-refractivity contribution is -0.141. The summed E-state index contributed by atoms with van der Waals surface area (Å²) in [5.74, 6) is -2.12. The third-order valence-corrected chi connectivity index (χ3v) is 5.16. The van der Waals surface area contributed by atoms with Crippen molar-refractivity contribution in [3.8, 4) is 0 Å². The summed E-state index contributed by atoms with van der Waals surface area (Å²) < 4.78 is 10.7. The van der Waals surface area contributed by atoms with Gasteiger partial charge in [0.15, 0.2) is 0 Å². The van der Waals surface area contributed by atoms with Crippen LogP contribution < -0.4 is 10.9 Å². The molecular formula is C23H21ClN2O6. The number of nitrogens with one attached hydrogen (secondary N) is 1. The van der Waals surface area contributed by atoms with Crippen molar-refractivity contribution in [1.82, 2.24) is 4.57 Å². The van der Waals surface area contributed by atoms with Gasteiger partial charge < -0.3 is 14.8 Å². The molecule has 32 heavy (non-hydrogen) atoms. The Kier molecular flexibility index (Phi) is 6.95. The van der Waals surface area contributed by atoms with Crippen LogP contribution in [0.3, 0.4) is 0 Å². The molecule has 1 aromatic heterocycles. The van der Waals surface area contributed by atoms with Crippen LogP contribution in [0.5, 0.6) is 0 Å². The molecule has 1 atom stereocenters. The number of pyridine rings is 1. The van der Waals surface area contributed by atoms with Gasteiger partial charge in [0, 0.05) is 21.5 Å². The normalized spacial score (nSPS) is 11.6. The number of amides is 1. The first-order valence-electron chi connectivity index (χ1n) is 9.79. The summed E-state index contributed by atoms with van der Waals surface area (Å²) in [5.41, 5.74) is -0.322. The molecule has 0 fully saturated rings. The van der Waals surface area contributed by atoms with E-state index in [1.54, 1.807) is 38.1 Å². The van der Waals surface area contributed by atoms with E-state index in [1.165, 1.54) is 31.4 Å². The van der Waals surface area contributed by atoms with E-state index < -0.39 is 29.4 Å². The first-order chi connectivity index (χ1) is 15.3. The van der Waals surface area contributed by atoms with Crippen molar-refractivity contribution in [3.05, 3.63) is 75.0 Å². The monoisotopic (exact) mass is 456 g/mol. The minimum Gasteiger partial charge on any atom is -0.469 e. The Morgan fingerprint density at radius 1 is 1.09 bits per heavy atom. The van der Waals surface area contributed by atoms with Crippen molar-refractivity contribution in [3.63, 3.8) is 0 Å². The van der Waals surface area contributed by atoms with Crippen molar-refractivity contribution < 1.29 is 23.9 Å². The second-order valence-corrected chi connectivity index (χ2v) is 7.29. The highest BCUT2D eigenvalue weighted by molar-refractivity contribution is 6.30. The number of esters is 1. The van der Waals surface area contributed by atoms with Gasteiger partial charge in [0.25, 0.3) is 11.5 Å². The molecular weight excluding hydrogens is 436 g/mol. The number of para-hydroxylation sites is 1. The van der Waals surface area contributed by atoms with E-state index in [9.17, 15) is 19.2 Å². The SMILES string of the molecule is CCOC(=O)n1c(=O)c(NC(=O)c2ccc(Cl)cc2)c(C(C)C(=O)OC)c2ccccc21. The number of halogens is 1. The average molecular weight is 457 g/mol. The number of aromatic nitrogens is 1. The van der Waals surface area contributed by atoms with E-state index in [0.717, 1.165) is 4.57 Å². The highest BCUT2D eigenvalue weighted by Crippen LogP contribution is 2.31. The molecule has 166 valence electrons. The maximum atomic E-state index is 13.4. The van der Waals surface area contributed by atoms with Crippen LogP contribution in [0.15, 0.2) is 53.3 Å². The van der Waals surface area contributed by atoms with Crippen LogP contribution in [-0.2, 0) is 14.3 Å². The van der Waals surface area contributed by atoms with Gasteiger partial charge in [-0.2, -0.15) is 0 Å². The van der Waals surface area contributed by atoms with Gasteiger partial charge in [-0.15, -0.1) is 0 Å². The number of methoxy groups -OCH3 is 1. The number of fused-ring (bicyclic) bond motifs is 1. The maximum Gasteiger partial charge on any atom is 0.421 e. The molecule has 0 saturated carbocycles. The lowest BCUT2D eigenvalue weighted by Crippen LogP contribution is -2.33. The Hall–Kier alpha value is -3.65. The largest absolute Gasteiger partial charge is 0.469 e. The fourth-order valence-electron chi connectivity index (χ4n) is 3.39. The molecule has 1 N–H and O–H groups in total. The molecule has 8 nitrogen and oxygen atoms in total. The summed E-state index contributed by atoms with van der Waals surface area (Å²) in [7, 11) is 1.23. The second-order valence-electron chi connectivity index (χ2n) is 6.85. The quantitative estimate of drug-likeness (QED) is 0.577. The second kappa shape index (κ2) is 9.65. The van der Waals surface area contributed by atoms with Crippen LogP contribution in [0.1, 0.15) is 35.7 Å². The number of ether oxygens (including phenoxy) is 2. The van der Waals surface area contributed by atoms with Crippen molar-refractivity contribution >= 4 is 46.2 Å². The summed E-state index contributed by atoms with van der Waals surface area (Å²) in [5, 5.41) is 3.44. The van der Waals surface area contributed by atoms with Gasteiger partial charge in [0.2, 0.25) is 0 Å². The van der Waals surface area contributed by atoms with Gasteiger partial charge in [-0.3, -0.25) is 14.4 Å². The topological polar surface area (TPSA) is 104 Å². The van der Waals surface area contributed by atoms with Crippen LogP contribution in [0.2, 0.25) is 5.02 Å². The van der Waals surface area contributed by atoms with Crippen LogP contribution in [0, 0.1) is 0 Å². The Morgan fingerprint density at radius 2 is 1.75 bits per heavy atom. The van der Waals surface area contributed by atoms with Crippen molar-refractivity contribution in [2.75, 3.05) is 19.0 Å². The number of anilines is 1. The molecule has 1 amide bonds. The molecule has 0 aliphatic rings. The Bertz CT molecular complexity index is 1250. The molecule has 0 aliphatic heterocycles. The van der Waals surface area contributed by atoms with E-state index in [0.29, 0.717) is 10.4 Å². The third-order valence-electron chi connectivity index (χ3n) is 4.90. The molecule has 0 bridgehead atoms. The van der Waals surface area contributed by atoms with Crippen molar-refractivity contribution in [2.45, 2.75) is 19.8 Å². The van der Waals surface area contributed by atoms with E-state index in [-0.39, 0.29) is 28.9 Å². The van der Waals surface area contributed by atoms with Crippen molar-refractivity contribution in [1.29, 1.82) is 0 Å². The van der Waals surface area contributed by atoms with Crippen LogP contribution >= 0.6 is 11.6 Å².